The van der Waals surface area contributed by atoms with Crippen molar-refractivity contribution in [1.82, 2.24) is 0 Å². The van der Waals surface area contributed by atoms with Crippen molar-refractivity contribution in [3.8, 4) is 34.4 Å². The average Bonchev–Trinajstić information content (AvgIpc) is 3.34. The maximum atomic E-state index is 17.0. The SMILES string of the molecule is CC(C)(C)c1ccc(-c2cc(F)cc(F)c2N(c2ccc(C#N)cc2)c2ccc3ccc4c(N(c5ccc(C#N)cc5)c5c(F)cc(F)cc5-c5ccc(C(C)(C)C)cc5)ccc5ccc2c3c54)cc1. The van der Waals surface area contributed by atoms with Crippen molar-refractivity contribution in [3.63, 3.8) is 0 Å². The van der Waals surface area contributed by atoms with Crippen molar-refractivity contribution in [2.75, 3.05) is 9.80 Å². The van der Waals surface area contributed by atoms with Gasteiger partial charge in [0, 0.05) is 45.4 Å². The third-order valence-electron chi connectivity index (χ3n) is 13.2. The van der Waals surface area contributed by atoms with Crippen molar-refractivity contribution in [3.05, 3.63) is 215 Å². The molecule has 0 unspecified atom stereocenters. The Labute approximate surface area is 404 Å². The summed E-state index contributed by atoms with van der Waals surface area (Å²) in [6.07, 6.45) is 0. The van der Waals surface area contributed by atoms with Crippen molar-refractivity contribution >= 4 is 66.4 Å². The van der Waals surface area contributed by atoms with E-state index in [1.807, 2.05) is 97.1 Å². The van der Waals surface area contributed by atoms with E-state index < -0.39 is 23.3 Å². The highest BCUT2D eigenvalue weighted by molar-refractivity contribution is 6.28. The summed E-state index contributed by atoms with van der Waals surface area (Å²) in [5, 5.41) is 24.5. The van der Waals surface area contributed by atoms with Crippen LogP contribution in [0.5, 0.6) is 0 Å². The topological polar surface area (TPSA) is 54.1 Å². The van der Waals surface area contributed by atoms with Crippen LogP contribution in [-0.4, -0.2) is 0 Å². The highest BCUT2D eigenvalue weighted by Crippen LogP contribution is 2.51. The molecule has 10 aromatic carbocycles. The molecular weight excluding hydrogens is 877 g/mol. The molecule has 0 atom stereocenters. The van der Waals surface area contributed by atoms with Gasteiger partial charge in [0.25, 0.3) is 0 Å². The van der Waals surface area contributed by atoms with Crippen molar-refractivity contribution in [2.45, 2.75) is 52.4 Å². The molecular formula is C62H46F4N4. The Balaban J connectivity index is 1.24. The van der Waals surface area contributed by atoms with Crippen LogP contribution in [0.1, 0.15) is 63.8 Å². The van der Waals surface area contributed by atoms with Gasteiger partial charge in [0.15, 0.2) is 11.6 Å². The van der Waals surface area contributed by atoms with E-state index in [2.05, 4.69) is 53.7 Å². The summed E-state index contributed by atoms with van der Waals surface area (Å²) in [5.74, 6) is -3.02. The van der Waals surface area contributed by atoms with Crippen LogP contribution < -0.4 is 9.80 Å². The van der Waals surface area contributed by atoms with E-state index in [0.29, 0.717) is 56.1 Å². The van der Waals surface area contributed by atoms with E-state index in [4.69, 9.17) is 0 Å². The molecule has 0 N–H and O–H groups in total. The van der Waals surface area contributed by atoms with Crippen LogP contribution in [0.25, 0.3) is 54.6 Å². The lowest BCUT2D eigenvalue weighted by molar-refractivity contribution is 0.584. The Bertz CT molecular complexity index is 3470. The van der Waals surface area contributed by atoms with Gasteiger partial charge >= 0.3 is 0 Å². The van der Waals surface area contributed by atoms with E-state index in [9.17, 15) is 10.5 Å². The molecule has 0 saturated heterocycles. The fraction of sp³-hybridized carbons (Fsp3) is 0.129. The van der Waals surface area contributed by atoms with Crippen molar-refractivity contribution in [2.24, 2.45) is 0 Å². The molecule has 0 aliphatic heterocycles. The maximum Gasteiger partial charge on any atom is 0.150 e. The number of rotatable bonds is 8. The molecule has 10 aromatic rings. The summed E-state index contributed by atoms with van der Waals surface area (Å²) in [7, 11) is 0. The number of anilines is 6. The predicted molar refractivity (Wildman–Crippen MR) is 277 cm³/mol. The zero-order chi connectivity index (χ0) is 49.2. The minimum atomic E-state index is -0.782. The number of nitrogens with zero attached hydrogens (tertiary/aromatic N) is 4. The fourth-order valence-corrected chi connectivity index (χ4v) is 9.63. The highest BCUT2D eigenvalue weighted by Gasteiger charge is 2.29. The zero-order valence-corrected chi connectivity index (χ0v) is 39.5. The normalized spacial score (nSPS) is 11.8. The molecule has 0 amide bonds. The number of nitriles is 2. The minimum Gasteiger partial charge on any atom is -0.307 e. The summed E-state index contributed by atoms with van der Waals surface area (Å²) >= 11 is 0. The first-order chi connectivity index (χ1) is 33.5. The van der Waals surface area contributed by atoms with Gasteiger partial charge in [-0.05, 0) is 127 Å². The van der Waals surface area contributed by atoms with E-state index in [1.165, 1.54) is 12.1 Å². The van der Waals surface area contributed by atoms with Crippen LogP contribution in [-0.2, 0) is 10.8 Å². The van der Waals surface area contributed by atoms with Crippen molar-refractivity contribution < 1.29 is 17.6 Å². The lowest BCUT2D eigenvalue weighted by Crippen LogP contribution is -2.15. The molecule has 0 saturated carbocycles. The highest BCUT2D eigenvalue weighted by atomic mass is 19.1. The summed E-state index contributed by atoms with van der Waals surface area (Å²) in [4.78, 5) is 3.56. The zero-order valence-electron chi connectivity index (χ0n) is 39.5. The molecule has 0 fully saturated rings. The van der Waals surface area contributed by atoms with Crippen LogP contribution >= 0.6 is 0 Å². The quantitative estimate of drug-likeness (QED) is 0.113. The number of hydrogen-bond acceptors (Lipinski definition) is 4. The van der Waals surface area contributed by atoms with Gasteiger partial charge in [-0.1, -0.05) is 126 Å². The first kappa shape index (κ1) is 45.3. The molecule has 342 valence electrons. The lowest BCUT2D eigenvalue weighted by atomic mass is 9.86. The van der Waals surface area contributed by atoms with Gasteiger partial charge in [-0.15, -0.1) is 0 Å². The van der Waals surface area contributed by atoms with E-state index in [1.54, 1.807) is 58.3 Å². The molecule has 0 heterocycles. The molecule has 0 spiro atoms. The van der Waals surface area contributed by atoms with Gasteiger partial charge in [-0.3, -0.25) is 0 Å². The average molecular weight is 923 g/mol. The van der Waals surface area contributed by atoms with Crippen LogP contribution in [0.4, 0.5) is 51.7 Å². The third-order valence-corrected chi connectivity index (χ3v) is 13.2. The Hall–Kier alpha value is -8.46. The smallest absolute Gasteiger partial charge is 0.150 e. The maximum absolute atomic E-state index is 17.0. The van der Waals surface area contributed by atoms with Gasteiger partial charge in [-0.25, -0.2) is 17.6 Å². The predicted octanol–water partition coefficient (Wildman–Crippen LogP) is 17.8. The van der Waals surface area contributed by atoms with Gasteiger partial charge in [0.05, 0.1) is 46.0 Å². The molecule has 4 nitrogen and oxygen atoms in total. The molecule has 10 rings (SSSR count). The van der Waals surface area contributed by atoms with Gasteiger partial charge in [0.1, 0.15) is 11.6 Å². The van der Waals surface area contributed by atoms with E-state index >= 15 is 17.6 Å². The number of hydrogen-bond donors (Lipinski definition) is 0. The van der Waals surface area contributed by atoms with Crippen LogP contribution in [0.15, 0.2) is 170 Å². The second kappa shape index (κ2) is 17.3. The summed E-state index contributed by atoms with van der Waals surface area (Å²) < 4.78 is 65.0. The van der Waals surface area contributed by atoms with Crippen molar-refractivity contribution in [1.29, 1.82) is 10.5 Å². The molecule has 0 aliphatic rings. The first-order valence-corrected chi connectivity index (χ1v) is 23.0. The molecule has 0 bridgehead atoms. The largest absolute Gasteiger partial charge is 0.307 e. The Morgan fingerprint density at radius 2 is 0.743 bits per heavy atom. The Kier molecular flexibility index (Phi) is 11.2. The van der Waals surface area contributed by atoms with Gasteiger partial charge < -0.3 is 9.80 Å². The van der Waals surface area contributed by atoms with Crippen LogP contribution in [0, 0.1) is 45.9 Å². The summed E-state index contributed by atoms with van der Waals surface area (Å²) in [6.45, 7) is 12.6. The second-order valence-corrected chi connectivity index (χ2v) is 19.8. The Morgan fingerprint density at radius 3 is 1.07 bits per heavy atom. The van der Waals surface area contributed by atoms with Gasteiger partial charge in [0.2, 0.25) is 0 Å². The summed E-state index contributed by atoms with van der Waals surface area (Å²) in [5.41, 5.74) is 7.03. The molecule has 0 radical (unpaired) electrons. The second-order valence-electron chi connectivity index (χ2n) is 19.8. The lowest BCUT2D eigenvalue weighted by Gasteiger charge is -2.31. The molecule has 8 heteroatoms. The van der Waals surface area contributed by atoms with Crippen LogP contribution in [0.2, 0.25) is 0 Å². The van der Waals surface area contributed by atoms with E-state index in [-0.39, 0.29) is 22.2 Å². The Morgan fingerprint density at radius 1 is 0.400 bits per heavy atom. The summed E-state index contributed by atoms with van der Waals surface area (Å²) in [6, 6.07) is 53.7. The third kappa shape index (κ3) is 8.02. The number of halogens is 4. The molecule has 70 heavy (non-hydrogen) atoms. The number of benzene rings is 10. The molecule has 0 aliphatic carbocycles. The van der Waals surface area contributed by atoms with E-state index in [0.717, 1.165) is 55.6 Å². The van der Waals surface area contributed by atoms with Gasteiger partial charge in [-0.2, -0.15) is 10.5 Å². The fourth-order valence-electron chi connectivity index (χ4n) is 9.63. The molecule has 0 aromatic heterocycles. The standard InChI is InChI=1S/C62H46F4N4/c1-61(2,3)43-19-11-39(12-20-43)51-31-45(63)33-53(65)59(51)69(47-23-7-37(35-67)8-24-47)55-29-17-41-16-28-50-56(30-18-42-15-27-49(55)57(41)58(42)50)70(48-25-9-38(36-68)10-26-48)60-52(32-46(64)34-54(60)66)40-13-21-44(22-14-40)62(4,5)6/h7-34H,1-6H3. The van der Waals surface area contributed by atoms with Crippen LogP contribution in [0.3, 0.4) is 0 Å². The first-order valence-electron chi connectivity index (χ1n) is 23.0. The minimum absolute atomic E-state index is 0.118. The monoisotopic (exact) mass is 922 g/mol.